The first kappa shape index (κ1) is 32.4. The minimum absolute atomic E-state index is 0.0879. The van der Waals surface area contributed by atoms with Gasteiger partial charge >= 0.3 is 5.97 Å². The van der Waals surface area contributed by atoms with E-state index in [0.717, 1.165) is 33.5 Å². The molecule has 0 fully saturated rings. The van der Waals surface area contributed by atoms with Crippen LogP contribution in [0.5, 0.6) is 17.2 Å². The Morgan fingerprint density at radius 2 is 1.17 bits per heavy atom. The minimum Gasteiger partial charge on any atom is -0.497 e. The van der Waals surface area contributed by atoms with Gasteiger partial charge in [0.2, 0.25) is 0 Å². The molecular formula is C41H43NO4. The Balaban J connectivity index is 1.58. The average molecular weight is 614 g/mol. The Hall–Kier alpha value is -5.03. The molecule has 1 unspecified atom stereocenters. The Morgan fingerprint density at radius 1 is 0.630 bits per heavy atom. The lowest BCUT2D eigenvalue weighted by Gasteiger charge is -2.23. The van der Waals surface area contributed by atoms with Gasteiger partial charge in [0.15, 0.2) is 0 Å². The summed E-state index contributed by atoms with van der Waals surface area (Å²) in [6, 6.07) is 38.1. The number of carbonyl (C=O) groups excluding carboxylic acids is 1. The molecule has 5 rings (SSSR count). The summed E-state index contributed by atoms with van der Waals surface area (Å²) in [5.41, 5.74) is 8.03. The van der Waals surface area contributed by atoms with E-state index in [1.165, 1.54) is 11.1 Å². The molecule has 236 valence electrons. The van der Waals surface area contributed by atoms with Crippen molar-refractivity contribution in [3.05, 3.63) is 132 Å². The number of rotatable bonds is 12. The number of para-hydroxylation sites is 1. The van der Waals surface area contributed by atoms with Crippen molar-refractivity contribution >= 4 is 11.7 Å². The average Bonchev–Trinajstić information content (AvgIpc) is 3.08. The van der Waals surface area contributed by atoms with E-state index in [2.05, 4.69) is 87.6 Å². The second kappa shape index (κ2) is 14.8. The first-order chi connectivity index (χ1) is 22.3. The van der Waals surface area contributed by atoms with Crippen molar-refractivity contribution in [1.82, 2.24) is 0 Å². The van der Waals surface area contributed by atoms with Gasteiger partial charge in [-0.25, -0.2) is 0 Å². The predicted molar refractivity (Wildman–Crippen MR) is 188 cm³/mol. The highest BCUT2D eigenvalue weighted by atomic mass is 16.5. The first-order valence-electron chi connectivity index (χ1n) is 15.9. The van der Waals surface area contributed by atoms with Crippen LogP contribution in [-0.4, -0.2) is 20.2 Å². The number of ether oxygens (including phenoxy) is 3. The molecule has 1 N–H and O–H groups in total. The van der Waals surface area contributed by atoms with Crippen molar-refractivity contribution in [2.75, 3.05) is 19.5 Å². The Morgan fingerprint density at radius 3 is 1.72 bits per heavy atom. The molecule has 0 saturated heterocycles. The molecule has 0 aliphatic carbocycles. The molecule has 0 amide bonds. The topological polar surface area (TPSA) is 56.8 Å². The molecule has 5 aromatic rings. The van der Waals surface area contributed by atoms with Crippen molar-refractivity contribution in [3.8, 4) is 39.5 Å². The number of anilines is 1. The third kappa shape index (κ3) is 7.26. The number of benzene rings is 5. The van der Waals surface area contributed by atoms with Gasteiger partial charge in [-0.3, -0.25) is 4.79 Å². The molecule has 0 spiro atoms. The van der Waals surface area contributed by atoms with Gasteiger partial charge in [0, 0.05) is 17.2 Å². The van der Waals surface area contributed by atoms with Gasteiger partial charge in [0.1, 0.15) is 17.2 Å². The standard InChI is InChI=1S/C41H43NO4/c1-27(2)31-17-10-12-19-33(31)35-21-14-22-36(34-20-13-11-18-32(34)28(3)4)41(35)46-40(43)26-38(29-15-8-7-9-16-29)42-37-24-23-30(44-5)25-39(37)45-6/h7-25,27-28,38,42H,26H2,1-6H3. The van der Waals surface area contributed by atoms with E-state index < -0.39 is 0 Å². The molecule has 5 nitrogen and oxygen atoms in total. The summed E-state index contributed by atoms with van der Waals surface area (Å²) in [6.07, 6.45) is 0.0879. The van der Waals surface area contributed by atoms with Gasteiger partial charge in [-0.1, -0.05) is 125 Å². The largest absolute Gasteiger partial charge is 0.497 e. The maximum atomic E-state index is 14.1. The zero-order valence-electron chi connectivity index (χ0n) is 27.5. The summed E-state index contributed by atoms with van der Waals surface area (Å²) in [6.45, 7) is 8.75. The predicted octanol–water partition coefficient (Wildman–Crippen LogP) is 10.4. The molecule has 1 atom stereocenters. The minimum atomic E-state index is -0.377. The zero-order valence-corrected chi connectivity index (χ0v) is 27.5. The van der Waals surface area contributed by atoms with E-state index in [1.54, 1.807) is 14.2 Å². The lowest BCUT2D eigenvalue weighted by atomic mass is 9.87. The third-order valence-electron chi connectivity index (χ3n) is 8.29. The highest BCUT2D eigenvalue weighted by Gasteiger charge is 2.24. The molecule has 0 bridgehead atoms. The molecule has 0 radical (unpaired) electrons. The van der Waals surface area contributed by atoms with Crippen LogP contribution in [0, 0.1) is 0 Å². The monoisotopic (exact) mass is 613 g/mol. The summed E-state index contributed by atoms with van der Waals surface area (Å²) < 4.78 is 17.6. The van der Waals surface area contributed by atoms with Crippen LogP contribution in [0.4, 0.5) is 5.69 Å². The van der Waals surface area contributed by atoms with Gasteiger partial charge in [0.25, 0.3) is 0 Å². The normalized spacial score (nSPS) is 11.7. The van der Waals surface area contributed by atoms with Gasteiger partial charge in [-0.15, -0.1) is 0 Å². The number of esters is 1. The molecule has 0 saturated carbocycles. The fraction of sp³-hybridized carbons (Fsp3) is 0.244. The maximum absolute atomic E-state index is 14.1. The fourth-order valence-electron chi connectivity index (χ4n) is 5.93. The van der Waals surface area contributed by atoms with Crippen molar-refractivity contribution in [2.45, 2.75) is 52.0 Å². The second-order valence-electron chi connectivity index (χ2n) is 12.0. The van der Waals surface area contributed by atoms with Gasteiger partial charge in [0.05, 0.1) is 32.4 Å². The van der Waals surface area contributed by atoms with Crippen LogP contribution < -0.4 is 19.5 Å². The summed E-state index contributed by atoms with van der Waals surface area (Å²) >= 11 is 0. The van der Waals surface area contributed by atoms with Crippen LogP contribution in [0.3, 0.4) is 0 Å². The summed E-state index contributed by atoms with van der Waals surface area (Å²) in [5, 5.41) is 3.54. The third-order valence-corrected chi connectivity index (χ3v) is 8.29. The summed E-state index contributed by atoms with van der Waals surface area (Å²) in [7, 11) is 3.24. The molecule has 0 aromatic heterocycles. The van der Waals surface area contributed by atoms with Crippen LogP contribution in [0.15, 0.2) is 115 Å². The molecule has 0 heterocycles. The number of nitrogens with one attached hydrogen (secondary N) is 1. The van der Waals surface area contributed by atoms with Crippen molar-refractivity contribution in [3.63, 3.8) is 0 Å². The quantitative estimate of drug-likeness (QED) is 0.112. The van der Waals surface area contributed by atoms with Crippen molar-refractivity contribution < 1.29 is 19.0 Å². The maximum Gasteiger partial charge on any atom is 0.313 e. The summed E-state index contributed by atoms with van der Waals surface area (Å²) in [4.78, 5) is 14.1. The highest BCUT2D eigenvalue weighted by Crippen LogP contribution is 2.44. The SMILES string of the molecule is COc1ccc(NC(CC(=O)Oc2c(-c3ccccc3C(C)C)cccc2-c2ccccc2C(C)C)c2ccccc2)c(OC)c1. The van der Waals surface area contributed by atoms with Gasteiger partial charge in [-0.05, 0) is 51.8 Å². The van der Waals surface area contributed by atoms with Gasteiger partial charge < -0.3 is 19.5 Å². The van der Waals surface area contributed by atoms with Gasteiger partial charge in [-0.2, -0.15) is 0 Å². The highest BCUT2D eigenvalue weighted by molar-refractivity contribution is 5.88. The number of hydrogen-bond donors (Lipinski definition) is 1. The molecule has 0 aliphatic rings. The van der Waals surface area contributed by atoms with Crippen molar-refractivity contribution in [1.29, 1.82) is 0 Å². The molecule has 5 heteroatoms. The number of carbonyl (C=O) groups is 1. The van der Waals surface area contributed by atoms with Crippen LogP contribution in [-0.2, 0) is 4.79 Å². The zero-order chi connectivity index (χ0) is 32.6. The van der Waals surface area contributed by atoms with Crippen LogP contribution in [0.2, 0.25) is 0 Å². The van der Waals surface area contributed by atoms with E-state index in [4.69, 9.17) is 14.2 Å². The summed E-state index contributed by atoms with van der Waals surface area (Å²) in [5.74, 6) is 2.12. The number of methoxy groups -OCH3 is 2. The Bertz CT molecular complexity index is 1710. The van der Waals surface area contributed by atoms with E-state index in [-0.39, 0.29) is 30.3 Å². The first-order valence-corrected chi connectivity index (χ1v) is 15.9. The smallest absolute Gasteiger partial charge is 0.313 e. The molecular weight excluding hydrogens is 570 g/mol. The van der Waals surface area contributed by atoms with Crippen molar-refractivity contribution in [2.24, 2.45) is 0 Å². The van der Waals surface area contributed by atoms with Crippen LogP contribution >= 0.6 is 0 Å². The van der Waals surface area contributed by atoms with Crippen LogP contribution in [0.25, 0.3) is 22.3 Å². The van der Waals surface area contributed by atoms with Crippen LogP contribution in [0.1, 0.15) is 68.7 Å². The molecule has 46 heavy (non-hydrogen) atoms. The van der Waals surface area contributed by atoms with E-state index in [1.807, 2.05) is 60.7 Å². The van der Waals surface area contributed by atoms with E-state index in [9.17, 15) is 4.79 Å². The second-order valence-corrected chi connectivity index (χ2v) is 12.0. The molecule has 0 aliphatic heterocycles. The lowest BCUT2D eigenvalue weighted by Crippen LogP contribution is -2.20. The number of hydrogen-bond acceptors (Lipinski definition) is 5. The molecule has 5 aromatic carbocycles. The fourth-order valence-corrected chi connectivity index (χ4v) is 5.93. The van der Waals surface area contributed by atoms with E-state index >= 15 is 0 Å². The Labute approximate surface area is 273 Å². The lowest BCUT2D eigenvalue weighted by molar-refractivity contribution is -0.134. The van der Waals surface area contributed by atoms with E-state index in [0.29, 0.717) is 17.2 Å². The Kier molecular flexibility index (Phi) is 10.4.